The van der Waals surface area contributed by atoms with Gasteiger partial charge in [-0.3, -0.25) is 14.4 Å². The van der Waals surface area contributed by atoms with Crippen LogP contribution in [0.25, 0.3) is 0 Å². The van der Waals surface area contributed by atoms with Gasteiger partial charge in [-0.05, 0) is 51.4 Å². The summed E-state index contributed by atoms with van der Waals surface area (Å²) in [5.41, 5.74) is 0. The largest absolute Gasteiger partial charge is 0.471 e. The molecule has 0 radical (unpaired) electrons. The number of hydrogen-bond acceptors (Lipinski definition) is 8. The number of unbranched alkanes of at least 4 members (excludes halogenated alkanes) is 7. The van der Waals surface area contributed by atoms with E-state index in [4.69, 9.17) is 9.47 Å². The fraction of sp³-hybridized carbons (Fsp3) is 0.774. The molecule has 0 aromatic heterocycles. The highest BCUT2D eigenvalue weighted by molar-refractivity contribution is 8.00. The average Bonchev–Trinajstić information content (AvgIpc) is 3.00. The summed E-state index contributed by atoms with van der Waals surface area (Å²) < 4.78 is 54.6. The number of aliphatic hydroxyl groups is 1. The molecule has 13 heteroatoms. The Bertz CT molecular complexity index is 868. The SMILES string of the molecule is CCCCCCCC/C=C\C=C\C(SC[C@H](NC(=O)C(F)(F)F)C(=O)NCC(=O)OC)C(O)CCCCOC1CCCCO1. The molecule has 3 N–H and O–H groups in total. The van der Waals surface area contributed by atoms with Crippen LogP contribution in [0.5, 0.6) is 0 Å². The Labute approximate surface area is 264 Å². The molecule has 1 aliphatic rings. The Morgan fingerprint density at radius 3 is 2.50 bits per heavy atom. The minimum Gasteiger partial charge on any atom is -0.468 e. The highest BCUT2D eigenvalue weighted by Gasteiger charge is 2.41. The predicted octanol–water partition coefficient (Wildman–Crippen LogP) is 5.36. The van der Waals surface area contributed by atoms with Crippen molar-refractivity contribution in [3.63, 3.8) is 0 Å². The molecule has 1 aliphatic heterocycles. The number of esters is 1. The first-order valence-corrected chi connectivity index (χ1v) is 16.7. The van der Waals surface area contributed by atoms with Crippen molar-refractivity contribution in [3.8, 4) is 0 Å². The van der Waals surface area contributed by atoms with Crippen LogP contribution in [0.1, 0.15) is 90.4 Å². The van der Waals surface area contributed by atoms with Gasteiger partial charge in [0.15, 0.2) is 6.29 Å². The van der Waals surface area contributed by atoms with E-state index < -0.39 is 47.9 Å². The number of aliphatic hydroxyl groups excluding tert-OH is 1. The molecular weight excluding hydrogens is 601 g/mol. The van der Waals surface area contributed by atoms with Gasteiger partial charge in [-0.1, -0.05) is 63.3 Å². The molecule has 0 aromatic rings. The zero-order valence-electron chi connectivity index (χ0n) is 26.1. The van der Waals surface area contributed by atoms with Gasteiger partial charge < -0.3 is 30.0 Å². The lowest BCUT2D eigenvalue weighted by molar-refractivity contribution is -0.174. The van der Waals surface area contributed by atoms with Crippen molar-refractivity contribution < 1.29 is 46.9 Å². The lowest BCUT2D eigenvalue weighted by Gasteiger charge is -2.24. The molecule has 0 bridgehead atoms. The van der Waals surface area contributed by atoms with E-state index >= 15 is 0 Å². The van der Waals surface area contributed by atoms with Gasteiger partial charge in [0, 0.05) is 24.2 Å². The van der Waals surface area contributed by atoms with Crippen LogP contribution in [0.2, 0.25) is 0 Å². The first-order valence-electron chi connectivity index (χ1n) is 15.7. The number of amides is 2. The van der Waals surface area contributed by atoms with E-state index in [1.165, 1.54) is 25.7 Å². The van der Waals surface area contributed by atoms with Crippen molar-refractivity contribution in [2.45, 2.75) is 120 Å². The molecule has 2 amide bonds. The van der Waals surface area contributed by atoms with E-state index in [0.29, 0.717) is 32.5 Å². The molecule has 254 valence electrons. The molecule has 0 aromatic carbocycles. The Morgan fingerprint density at radius 2 is 1.82 bits per heavy atom. The molecule has 44 heavy (non-hydrogen) atoms. The number of carbonyl (C=O) groups excluding carboxylic acids is 3. The maximum Gasteiger partial charge on any atom is 0.471 e. The van der Waals surface area contributed by atoms with E-state index in [-0.39, 0.29) is 12.0 Å². The lowest BCUT2D eigenvalue weighted by atomic mass is 10.1. The lowest BCUT2D eigenvalue weighted by Crippen LogP contribution is -2.52. The summed E-state index contributed by atoms with van der Waals surface area (Å²) in [6, 6.07) is -1.60. The highest BCUT2D eigenvalue weighted by Crippen LogP contribution is 2.23. The third-order valence-corrected chi connectivity index (χ3v) is 8.34. The molecule has 0 aliphatic carbocycles. The average molecular weight is 653 g/mol. The summed E-state index contributed by atoms with van der Waals surface area (Å²) in [5, 5.41) is 14.3. The predicted molar refractivity (Wildman–Crippen MR) is 165 cm³/mol. The number of thioether (sulfide) groups is 1. The molecule has 9 nitrogen and oxygen atoms in total. The van der Waals surface area contributed by atoms with E-state index in [9.17, 15) is 32.7 Å². The molecule has 4 atom stereocenters. The van der Waals surface area contributed by atoms with Gasteiger partial charge >= 0.3 is 18.1 Å². The second-order valence-electron chi connectivity index (χ2n) is 10.7. The number of ether oxygens (including phenoxy) is 3. The van der Waals surface area contributed by atoms with E-state index in [1.54, 1.807) is 17.5 Å². The zero-order chi connectivity index (χ0) is 32.6. The molecule has 1 fully saturated rings. The zero-order valence-corrected chi connectivity index (χ0v) is 26.9. The fourth-order valence-corrected chi connectivity index (χ4v) is 5.56. The quantitative estimate of drug-likeness (QED) is 0.0766. The van der Waals surface area contributed by atoms with Crippen LogP contribution < -0.4 is 10.6 Å². The molecular formula is C31H51F3N2O7S. The molecule has 1 heterocycles. The van der Waals surface area contributed by atoms with Crippen LogP contribution in [-0.2, 0) is 28.6 Å². The third-order valence-electron chi connectivity index (χ3n) is 6.96. The summed E-state index contributed by atoms with van der Waals surface area (Å²) in [7, 11) is 1.10. The van der Waals surface area contributed by atoms with Crippen molar-refractivity contribution in [3.05, 3.63) is 24.3 Å². The summed E-state index contributed by atoms with van der Waals surface area (Å²) >= 11 is 1.04. The van der Waals surface area contributed by atoms with E-state index in [0.717, 1.165) is 57.4 Å². The molecule has 0 spiro atoms. The first kappa shape index (κ1) is 39.9. The van der Waals surface area contributed by atoms with Gasteiger partial charge in [0.1, 0.15) is 12.6 Å². The van der Waals surface area contributed by atoms with Crippen LogP contribution >= 0.6 is 11.8 Å². The minimum atomic E-state index is -5.20. The number of methoxy groups -OCH3 is 1. The van der Waals surface area contributed by atoms with Crippen molar-refractivity contribution in [2.24, 2.45) is 0 Å². The van der Waals surface area contributed by atoms with Gasteiger partial charge in [-0.25, -0.2) is 0 Å². The Morgan fingerprint density at radius 1 is 1.07 bits per heavy atom. The number of allylic oxidation sites excluding steroid dienone is 3. The van der Waals surface area contributed by atoms with Gasteiger partial charge in [0.05, 0.1) is 13.2 Å². The van der Waals surface area contributed by atoms with Crippen molar-refractivity contribution >= 4 is 29.5 Å². The van der Waals surface area contributed by atoms with Crippen LogP contribution in [0.15, 0.2) is 24.3 Å². The molecule has 3 unspecified atom stereocenters. The van der Waals surface area contributed by atoms with E-state index in [1.807, 2.05) is 12.2 Å². The maximum absolute atomic E-state index is 13.0. The number of nitrogens with one attached hydrogen (secondary N) is 2. The number of hydrogen-bond donors (Lipinski definition) is 3. The van der Waals surface area contributed by atoms with Crippen molar-refractivity contribution in [2.75, 3.05) is 32.6 Å². The van der Waals surface area contributed by atoms with Crippen LogP contribution in [0.3, 0.4) is 0 Å². The fourth-order valence-electron chi connectivity index (χ4n) is 4.35. The number of alkyl halides is 3. The van der Waals surface area contributed by atoms with Crippen LogP contribution in [0, 0.1) is 0 Å². The Hall–Kier alpha value is -2.09. The number of carbonyl (C=O) groups is 3. The third kappa shape index (κ3) is 19.3. The topological polar surface area (TPSA) is 123 Å². The molecule has 1 saturated heterocycles. The smallest absolute Gasteiger partial charge is 0.468 e. The monoisotopic (exact) mass is 652 g/mol. The minimum absolute atomic E-state index is 0.197. The molecule has 0 saturated carbocycles. The second kappa shape index (κ2) is 24.2. The Balaban J connectivity index is 2.78. The van der Waals surface area contributed by atoms with Gasteiger partial charge in [-0.2, -0.15) is 13.2 Å². The van der Waals surface area contributed by atoms with Crippen molar-refractivity contribution in [1.29, 1.82) is 0 Å². The Kier molecular flexibility index (Phi) is 21.9. The second-order valence-corrected chi connectivity index (χ2v) is 11.9. The maximum atomic E-state index is 13.0. The van der Waals surface area contributed by atoms with Gasteiger partial charge in [0.25, 0.3) is 0 Å². The van der Waals surface area contributed by atoms with Crippen LogP contribution in [-0.4, -0.2) is 85.4 Å². The molecule has 1 rings (SSSR count). The number of halogens is 3. The summed E-state index contributed by atoms with van der Waals surface area (Å²) in [4.78, 5) is 35.6. The van der Waals surface area contributed by atoms with Gasteiger partial charge in [-0.15, -0.1) is 11.8 Å². The summed E-state index contributed by atoms with van der Waals surface area (Å²) in [6.45, 7) is 2.78. The van der Waals surface area contributed by atoms with E-state index in [2.05, 4.69) is 17.0 Å². The number of rotatable bonds is 23. The van der Waals surface area contributed by atoms with Crippen molar-refractivity contribution in [1.82, 2.24) is 10.6 Å². The normalized spacial score (nSPS) is 17.8. The highest BCUT2D eigenvalue weighted by atomic mass is 32.2. The summed E-state index contributed by atoms with van der Waals surface area (Å²) in [5.74, 6) is -4.32. The van der Waals surface area contributed by atoms with Crippen LogP contribution in [0.4, 0.5) is 13.2 Å². The van der Waals surface area contributed by atoms with Gasteiger partial charge in [0.2, 0.25) is 5.91 Å². The first-order chi connectivity index (χ1) is 21.1. The standard InChI is InChI=1S/C31H51F3N2O7S/c1-3-4-5-6-7-8-9-10-11-12-18-26(25(37)17-13-15-20-42-28-19-14-16-21-43-28)44-23-24(36-30(40)31(32,33)34)29(39)35-22-27(38)41-2/h10-12,18,24-26,28,37H,3-9,13-17,19-23H2,1-2H3,(H,35,39)(H,36,40)/b11-10-,18-12+/t24-,25?,26?,28?/m0/s1. The summed E-state index contributed by atoms with van der Waals surface area (Å²) in [6.07, 6.45) is 13.9.